The van der Waals surface area contributed by atoms with Crippen LogP contribution in [0.1, 0.15) is 42.5 Å². The number of rotatable bonds is 5. The molecule has 3 heteroatoms. The van der Waals surface area contributed by atoms with Crippen molar-refractivity contribution in [2.24, 2.45) is 0 Å². The summed E-state index contributed by atoms with van der Waals surface area (Å²) in [6, 6.07) is 9.11. The van der Waals surface area contributed by atoms with Crippen LogP contribution < -0.4 is 5.32 Å². The predicted octanol–water partition coefficient (Wildman–Crippen LogP) is 3.10. The molecule has 1 N–H and O–H groups in total. The second-order valence-electron chi connectivity index (χ2n) is 5.11. The number of benzene rings is 1. The molecule has 2 rings (SSSR count). The van der Waals surface area contributed by atoms with Gasteiger partial charge in [-0.25, -0.2) is 9.97 Å². The molecule has 2 aromatic rings. The molecule has 100 valence electrons. The lowest BCUT2D eigenvalue weighted by Gasteiger charge is -2.16. The summed E-state index contributed by atoms with van der Waals surface area (Å²) < 4.78 is 0. The molecule has 3 nitrogen and oxygen atoms in total. The molecule has 0 spiro atoms. The number of hydrogen-bond donors (Lipinski definition) is 1. The van der Waals surface area contributed by atoms with Crippen LogP contribution in [0.5, 0.6) is 0 Å². The normalized spacial score (nSPS) is 12.6. The van der Waals surface area contributed by atoms with E-state index in [1.807, 2.05) is 19.4 Å². The average molecular weight is 255 g/mol. The molecule has 0 saturated carbocycles. The molecule has 0 aliphatic rings. The fraction of sp³-hybridized carbons (Fsp3) is 0.375. The number of nitrogens with zero attached hydrogens (tertiary/aromatic N) is 2. The predicted molar refractivity (Wildman–Crippen MR) is 78.1 cm³/mol. The fourth-order valence-corrected chi connectivity index (χ4v) is 2.15. The minimum atomic E-state index is 0.256. The van der Waals surface area contributed by atoms with E-state index in [0.717, 1.165) is 12.0 Å². The van der Waals surface area contributed by atoms with Crippen molar-refractivity contribution < 1.29 is 0 Å². The molecule has 1 aromatic heterocycles. The van der Waals surface area contributed by atoms with E-state index in [-0.39, 0.29) is 6.04 Å². The zero-order valence-electron chi connectivity index (χ0n) is 11.8. The monoisotopic (exact) mass is 255 g/mol. The number of hydrogen-bond acceptors (Lipinski definition) is 3. The van der Waals surface area contributed by atoms with Crippen molar-refractivity contribution in [1.82, 2.24) is 15.3 Å². The van der Waals surface area contributed by atoms with Gasteiger partial charge >= 0.3 is 0 Å². The third-order valence-corrected chi connectivity index (χ3v) is 3.42. The van der Waals surface area contributed by atoms with Crippen LogP contribution in [-0.4, -0.2) is 17.0 Å². The quantitative estimate of drug-likeness (QED) is 0.892. The van der Waals surface area contributed by atoms with E-state index in [1.165, 1.54) is 11.1 Å². The molecule has 0 amide bonds. The Labute approximate surface area is 115 Å². The molecule has 0 bridgehead atoms. The van der Waals surface area contributed by atoms with Crippen LogP contribution in [-0.2, 0) is 6.42 Å². The molecule has 19 heavy (non-hydrogen) atoms. The summed E-state index contributed by atoms with van der Waals surface area (Å²) in [4.78, 5) is 8.16. The summed E-state index contributed by atoms with van der Waals surface area (Å²) in [6.45, 7) is 4.43. The van der Waals surface area contributed by atoms with Crippen molar-refractivity contribution in [3.63, 3.8) is 0 Å². The largest absolute Gasteiger partial charge is 0.313 e. The van der Waals surface area contributed by atoms with E-state index in [0.29, 0.717) is 5.92 Å². The fourth-order valence-electron chi connectivity index (χ4n) is 2.15. The summed E-state index contributed by atoms with van der Waals surface area (Å²) >= 11 is 0. The van der Waals surface area contributed by atoms with Gasteiger partial charge in [0.05, 0.1) is 0 Å². The molecule has 0 aliphatic heterocycles. The highest BCUT2D eigenvalue weighted by Gasteiger charge is 2.10. The van der Waals surface area contributed by atoms with Crippen molar-refractivity contribution in [2.75, 3.05) is 7.05 Å². The first kappa shape index (κ1) is 13.7. The number of aromatic nitrogens is 2. The molecule has 0 aliphatic carbocycles. The maximum absolute atomic E-state index is 4.08. The zero-order chi connectivity index (χ0) is 13.7. The zero-order valence-corrected chi connectivity index (χ0v) is 11.8. The lowest BCUT2D eigenvalue weighted by Crippen LogP contribution is -2.19. The summed E-state index contributed by atoms with van der Waals surface area (Å²) in [5.74, 6) is 0.580. The lowest BCUT2D eigenvalue weighted by molar-refractivity contribution is 0.587. The first-order valence-corrected chi connectivity index (χ1v) is 6.71. The van der Waals surface area contributed by atoms with E-state index in [9.17, 15) is 0 Å². The minimum absolute atomic E-state index is 0.256. The van der Waals surface area contributed by atoms with Crippen LogP contribution >= 0.6 is 0 Å². The van der Waals surface area contributed by atoms with Gasteiger partial charge in [-0.1, -0.05) is 38.1 Å². The van der Waals surface area contributed by atoms with Gasteiger partial charge in [-0.2, -0.15) is 0 Å². The van der Waals surface area contributed by atoms with E-state index >= 15 is 0 Å². The summed E-state index contributed by atoms with van der Waals surface area (Å²) in [6.07, 6.45) is 6.25. The highest BCUT2D eigenvalue weighted by Crippen LogP contribution is 2.19. The van der Waals surface area contributed by atoms with Gasteiger partial charge in [0.15, 0.2) is 0 Å². The van der Waals surface area contributed by atoms with Crippen LogP contribution in [0.2, 0.25) is 0 Å². The topological polar surface area (TPSA) is 37.8 Å². The summed E-state index contributed by atoms with van der Waals surface area (Å²) in [7, 11) is 1.97. The van der Waals surface area contributed by atoms with Gasteiger partial charge < -0.3 is 5.32 Å². The van der Waals surface area contributed by atoms with Gasteiger partial charge in [0.1, 0.15) is 6.33 Å². The van der Waals surface area contributed by atoms with Gasteiger partial charge in [-0.05, 0) is 30.5 Å². The van der Waals surface area contributed by atoms with Crippen molar-refractivity contribution in [1.29, 1.82) is 0 Å². The second kappa shape index (κ2) is 6.43. The highest BCUT2D eigenvalue weighted by molar-refractivity contribution is 5.26. The highest BCUT2D eigenvalue weighted by atomic mass is 14.9. The second-order valence-corrected chi connectivity index (χ2v) is 5.11. The minimum Gasteiger partial charge on any atom is -0.313 e. The molecule has 1 heterocycles. The number of likely N-dealkylation sites (N-methyl/N-ethyl adjacent to an activating group) is 1. The SMILES string of the molecule is CNC(Cc1ccc(C(C)C)cc1)c1cncnc1. The van der Waals surface area contributed by atoms with Crippen LogP contribution in [0.25, 0.3) is 0 Å². The third kappa shape index (κ3) is 3.61. The van der Waals surface area contributed by atoms with Gasteiger partial charge in [0, 0.05) is 24.0 Å². The van der Waals surface area contributed by atoms with Gasteiger partial charge in [0.2, 0.25) is 0 Å². The van der Waals surface area contributed by atoms with Crippen LogP contribution in [0.15, 0.2) is 43.0 Å². The van der Waals surface area contributed by atoms with Crippen molar-refractivity contribution >= 4 is 0 Å². The Hall–Kier alpha value is -1.74. The molecule has 0 fully saturated rings. The molecule has 1 unspecified atom stereocenters. The Morgan fingerprint density at radius 3 is 2.16 bits per heavy atom. The van der Waals surface area contributed by atoms with Gasteiger partial charge in [-0.15, -0.1) is 0 Å². The van der Waals surface area contributed by atoms with Crippen molar-refractivity contribution in [3.8, 4) is 0 Å². The summed E-state index contributed by atoms with van der Waals surface area (Å²) in [5.41, 5.74) is 3.83. The lowest BCUT2D eigenvalue weighted by atomic mass is 9.97. The first-order valence-electron chi connectivity index (χ1n) is 6.71. The van der Waals surface area contributed by atoms with E-state index in [1.54, 1.807) is 6.33 Å². The van der Waals surface area contributed by atoms with Crippen LogP contribution in [0.4, 0.5) is 0 Å². The maximum atomic E-state index is 4.08. The van der Waals surface area contributed by atoms with E-state index in [4.69, 9.17) is 0 Å². The Bertz CT molecular complexity index is 491. The van der Waals surface area contributed by atoms with Gasteiger partial charge in [0.25, 0.3) is 0 Å². The molecular weight excluding hydrogens is 234 g/mol. The Morgan fingerprint density at radius 1 is 1.00 bits per heavy atom. The molecule has 1 aromatic carbocycles. The average Bonchev–Trinajstić information content (AvgIpc) is 2.46. The molecule has 0 radical (unpaired) electrons. The van der Waals surface area contributed by atoms with Crippen LogP contribution in [0.3, 0.4) is 0 Å². The standard InChI is InChI=1S/C16H21N3/c1-12(2)14-6-4-13(5-7-14)8-16(17-3)15-9-18-11-19-10-15/h4-7,9-12,16-17H,8H2,1-3H3. The molecule has 1 atom stereocenters. The smallest absolute Gasteiger partial charge is 0.115 e. The van der Waals surface area contributed by atoms with Crippen molar-refractivity contribution in [2.45, 2.75) is 32.2 Å². The Balaban J connectivity index is 2.10. The van der Waals surface area contributed by atoms with Crippen LogP contribution in [0, 0.1) is 0 Å². The number of nitrogens with one attached hydrogen (secondary N) is 1. The summed E-state index contributed by atoms with van der Waals surface area (Å²) in [5, 5.41) is 3.32. The first-order chi connectivity index (χ1) is 9.20. The Kier molecular flexibility index (Phi) is 4.63. The maximum Gasteiger partial charge on any atom is 0.115 e. The van der Waals surface area contributed by atoms with Gasteiger partial charge in [-0.3, -0.25) is 0 Å². The van der Waals surface area contributed by atoms with Crippen molar-refractivity contribution in [3.05, 3.63) is 59.7 Å². The van der Waals surface area contributed by atoms with E-state index in [2.05, 4.69) is 53.4 Å². The molecular formula is C16H21N3. The third-order valence-electron chi connectivity index (χ3n) is 3.42. The Morgan fingerprint density at radius 2 is 1.63 bits per heavy atom. The molecule has 0 saturated heterocycles. The van der Waals surface area contributed by atoms with E-state index < -0.39 is 0 Å².